The number of aryl methyl sites for hydroxylation is 1. The van der Waals surface area contributed by atoms with Crippen LogP contribution in [0.2, 0.25) is 0 Å². The van der Waals surface area contributed by atoms with Gasteiger partial charge in [-0.15, -0.1) is 11.3 Å². The van der Waals surface area contributed by atoms with Crippen LogP contribution in [-0.4, -0.2) is 25.8 Å². The summed E-state index contributed by atoms with van der Waals surface area (Å²) in [6.45, 7) is 4.62. The van der Waals surface area contributed by atoms with E-state index in [4.69, 9.17) is 0 Å². The molecule has 1 aliphatic heterocycles. The first kappa shape index (κ1) is 20.6. The van der Waals surface area contributed by atoms with Crippen molar-refractivity contribution >= 4 is 33.0 Å². The minimum atomic E-state index is -3.72. The van der Waals surface area contributed by atoms with Crippen molar-refractivity contribution in [3.05, 3.63) is 81.5 Å². The number of nitrogens with zero attached hydrogens (tertiary/aromatic N) is 1. The molecule has 0 aliphatic carbocycles. The van der Waals surface area contributed by atoms with Gasteiger partial charge in [-0.3, -0.25) is 9.52 Å². The molecule has 2 heterocycles. The zero-order valence-corrected chi connectivity index (χ0v) is 18.6. The minimum absolute atomic E-state index is 0.0606. The number of anilines is 1. The van der Waals surface area contributed by atoms with E-state index >= 15 is 0 Å². The highest BCUT2D eigenvalue weighted by atomic mass is 32.2. The van der Waals surface area contributed by atoms with E-state index in [1.807, 2.05) is 24.0 Å². The Balaban J connectivity index is 1.55. The minimum Gasteiger partial charge on any atom is -0.331 e. The first-order chi connectivity index (χ1) is 14.4. The Bertz CT molecular complexity index is 1170. The van der Waals surface area contributed by atoms with Crippen molar-refractivity contribution in [3.63, 3.8) is 0 Å². The van der Waals surface area contributed by atoms with Crippen LogP contribution < -0.4 is 4.72 Å². The average Bonchev–Trinajstić information content (AvgIpc) is 3.23. The molecule has 7 heteroatoms. The maximum Gasteiger partial charge on any atom is 0.261 e. The highest BCUT2D eigenvalue weighted by molar-refractivity contribution is 7.92. The van der Waals surface area contributed by atoms with Crippen LogP contribution in [0.1, 0.15) is 45.7 Å². The molecule has 1 N–H and O–H groups in total. The van der Waals surface area contributed by atoms with E-state index in [1.54, 1.807) is 35.6 Å². The van der Waals surface area contributed by atoms with Crippen molar-refractivity contribution in [2.24, 2.45) is 0 Å². The number of benzene rings is 2. The molecular formula is C23H24N2O3S2. The number of hydrogen-bond donors (Lipinski definition) is 1. The summed E-state index contributed by atoms with van der Waals surface area (Å²) >= 11 is 1.75. The molecule has 4 rings (SSSR count). The van der Waals surface area contributed by atoms with Crippen LogP contribution >= 0.6 is 11.3 Å². The predicted octanol–water partition coefficient (Wildman–Crippen LogP) is 5.01. The Kier molecular flexibility index (Phi) is 5.66. The molecule has 1 aliphatic rings. The fourth-order valence-corrected chi connectivity index (χ4v) is 5.97. The molecule has 2 aromatic carbocycles. The number of rotatable bonds is 5. The monoisotopic (exact) mass is 440 g/mol. The summed E-state index contributed by atoms with van der Waals surface area (Å²) in [4.78, 5) is 16.6. The van der Waals surface area contributed by atoms with Gasteiger partial charge in [0.25, 0.3) is 15.9 Å². The van der Waals surface area contributed by atoms with Crippen molar-refractivity contribution < 1.29 is 13.2 Å². The van der Waals surface area contributed by atoms with E-state index in [0.29, 0.717) is 17.8 Å². The van der Waals surface area contributed by atoms with Gasteiger partial charge < -0.3 is 4.90 Å². The third kappa shape index (κ3) is 3.87. The van der Waals surface area contributed by atoms with Crippen molar-refractivity contribution in [1.82, 2.24) is 4.90 Å². The first-order valence-corrected chi connectivity index (χ1v) is 12.3. The van der Waals surface area contributed by atoms with Crippen molar-refractivity contribution in [2.45, 2.75) is 37.6 Å². The van der Waals surface area contributed by atoms with Crippen LogP contribution in [0, 0.1) is 6.92 Å². The van der Waals surface area contributed by atoms with Crippen molar-refractivity contribution in [1.29, 1.82) is 0 Å². The van der Waals surface area contributed by atoms with Crippen LogP contribution in [-0.2, 0) is 16.4 Å². The molecule has 0 fully saturated rings. The van der Waals surface area contributed by atoms with Gasteiger partial charge >= 0.3 is 0 Å². The molecule has 1 amide bonds. The quantitative estimate of drug-likeness (QED) is 0.607. The third-order valence-corrected chi connectivity index (χ3v) is 7.92. The molecule has 0 spiro atoms. The predicted molar refractivity (Wildman–Crippen MR) is 121 cm³/mol. The lowest BCUT2D eigenvalue weighted by molar-refractivity contribution is 0.0657. The molecule has 1 aromatic heterocycles. The summed E-state index contributed by atoms with van der Waals surface area (Å²) in [7, 11) is -3.72. The second-order valence-electron chi connectivity index (χ2n) is 7.42. The van der Waals surface area contributed by atoms with Gasteiger partial charge in [-0.25, -0.2) is 8.42 Å². The van der Waals surface area contributed by atoms with E-state index in [0.717, 1.165) is 18.4 Å². The van der Waals surface area contributed by atoms with Gasteiger partial charge in [0.05, 0.1) is 16.6 Å². The molecule has 1 atom stereocenters. The van der Waals surface area contributed by atoms with E-state index in [-0.39, 0.29) is 16.8 Å². The van der Waals surface area contributed by atoms with E-state index < -0.39 is 10.0 Å². The number of sulfonamides is 1. The average molecular weight is 441 g/mol. The first-order valence-electron chi connectivity index (χ1n) is 9.96. The Hall–Kier alpha value is -2.64. The molecule has 0 saturated carbocycles. The number of fused-ring (bicyclic) bond motifs is 1. The fraction of sp³-hybridized carbons (Fsp3) is 0.261. The Morgan fingerprint density at radius 3 is 2.57 bits per heavy atom. The number of para-hydroxylation sites is 1. The second kappa shape index (κ2) is 8.24. The van der Waals surface area contributed by atoms with Gasteiger partial charge in [0.15, 0.2) is 0 Å². The largest absolute Gasteiger partial charge is 0.331 e. The molecule has 0 bridgehead atoms. The van der Waals surface area contributed by atoms with E-state index in [2.05, 4.69) is 23.1 Å². The standard InChI is InChI=1S/C23H24N2O3S2/c1-3-21-19-13-15-29-22(19)12-14-25(21)23(26)17-8-10-18(11-9-17)30(27,28)24-20-7-5-4-6-16(20)2/h4-11,13,15,21,24H,3,12,14H2,1-2H3. The zero-order chi connectivity index (χ0) is 21.3. The lowest BCUT2D eigenvalue weighted by atomic mass is 9.97. The fourth-order valence-electron chi connectivity index (χ4n) is 3.91. The number of hydrogen-bond acceptors (Lipinski definition) is 4. The summed E-state index contributed by atoms with van der Waals surface area (Å²) in [6.07, 6.45) is 1.71. The van der Waals surface area contributed by atoms with Gasteiger partial charge in [-0.2, -0.15) is 0 Å². The van der Waals surface area contributed by atoms with Gasteiger partial charge in [0.1, 0.15) is 0 Å². The Morgan fingerprint density at radius 2 is 1.87 bits per heavy atom. The molecule has 0 saturated heterocycles. The summed E-state index contributed by atoms with van der Waals surface area (Å²) in [6, 6.07) is 15.6. The third-order valence-electron chi connectivity index (χ3n) is 5.54. The highest BCUT2D eigenvalue weighted by Crippen LogP contribution is 2.36. The maximum absolute atomic E-state index is 13.2. The van der Waals surface area contributed by atoms with Gasteiger partial charge in [-0.05, 0) is 72.7 Å². The number of thiophene rings is 1. The topological polar surface area (TPSA) is 66.5 Å². The number of carbonyl (C=O) groups excluding carboxylic acids is 1. The summed E-state index contributed by atoms with van der Waals surface area (Å²) in [5.41, 5.74) is 3.13. The molecule has 0 radical (unpaired) electrons. The molecule has 156 valence electrons. The summed E-state index contributed by atoms with van der Waals surface area (Å²) in [5.74, 6) is -0.0606. The van der Waals surface area contributed by atoms with Gasteiger partial charge in [0.2, 0.25) is 0 Å². The molecule has 30 heavy (non-hydrogen) atoms. The number of amides is 1. The van der Waals surface area contributed by atoms with Crippen LogP contribution in [0.25, 0.3) is 0 Å². The maximum atomic E-state index is 13.2. The summed E-state index contributed by atoms with van der Waals surface area (Å²) < 4.78 is 28.1. The summed E-state index contributed by atoms with van der Waals surface area (Å²) in [5, 5.41) is 2.09. The van der Waals surface area contributed by atoms with Crippen LogP contribution in [0.15, 0.2) is 64.9 Å². The van der Waals surface area contributed by atoms with Crippen molar-refractivity contribution in [3.8, 4) is 0 Å². The lowest BCUT2D eigenvalue weighted by Gasteiger charge is -2.35. The van der Waals surface area contributed by atoms with Crippen LogP contribution in [0.3, 0.4) is 0 Å². The molecule has 1 unspecified atom stereocenters. The lowest BCUT2D eigenvalue weighted by Crippen LogP contribution is -2.39. The smallest absolute Gasteiger partial charge is 0.261 e. The van der Waals surface area contributed by atoms with Gasteiger partial charge in [0, 0.05) is 17.0 Å². The normalized spacial score (nSPS) is 16.2. The molecule has 3 aromatic rings. The molecule has 5 nitrogen and oxygen atoms in total. The number of carbonyl (C=O) groups is 1. The van der Waals surface area contributed by atoms with Gasteiger partial charge in [-0.1, -0.05) is 25.1 Å². The Morgan fingerprint density at radius 1 is 1.13 bits per heavy atom. The van der Waals surface area contributed by atoms with Crippen LogP contribution in [0.5, 0.6) is 0 Å². The van der Waals surface area contributed by atoms with E-state index in [1.165, 1.54) is 22.6 Å². The SMILES string of the molecule is CCC1c2ccsc2CCN1C(=O)c1ccc(S(=O)(=O)Nc2ccccc2C)cc1. The second-order valence-corrected chi connectivity index (χ2v) is 10.1. The van der Waals surface area contributed by atoms with E-state index in [9.17, 15) is 13.2 Å². The Labute approximate surface area is 181 Å². The molecular weight excluding hydrogens is 416 g/mol. The zero-order valence-electron chi connectivity index (χ0n) is 17.0. The highest BCUT2D eigenvalue weighted by Gasteiger charge is 2.31. The number of nitrogens with one attached hydrogen (secondary N) is 1. The van der Waals surface area contributed by atoms with Crippen LogP contribution in [0.4, 0.5) is 5.69 Å². The van der Waals surface area contributed by atoms with Crippen molar-refractivity contribution in [2.75, 3.05) is 11.3 Å².